The summed E-state index contributed by atoms with van der Waals surface area (Å²) in [4.78, 5) is 0. The molecular formula is C25H25BrFN3O2. The highest BCUT2D eigenvalue weighted by molar-refractivity contribution is 9.10. The molecule has 1 aromatic heterocycles. The predicted molar refractivity (Wildman–Crippen MR) is 127 cm³/mol. The summed E-state index contributed by atoms with van der Waals surface area (Å²) in [5.41, 5.74) is 2.55. The lowest BCUT2D eigenvalue weighted by molar-refractivity contribution is 0.297. The van der Waals surface area contributed by atoms with Crippen molar-refractivity contribution in [3.63, 3.8) is 0 Å². The molecule has 0 aliphatic rings. The summed E-state index contributed by atoms with van der Waals surface area (Å²) in [6.07, 6.45) is 1.54. The van der Waals surface area contributed by atoms with E-state index >= 15 is 0 Å². The number of rotatable bonds is 10. The molecule has 0 amide bonds. The molecule has 0 spiro atoms. The van der Waals surface area contributed by atoms with Gasteiger partial charge in [0.15, 0.2) is 0 Å². The Labute approximate surface area is 194 Å². The Morgan fingerprint density at radius 2 is 1.19 bits per heavy atom. The molecule has 3 aromatic carbocycles. The van der Waals surface area contributed by atoms with E-state index in [2.05, 4.69) is 22.0 Å². The first kappa shape index (κ1) is 22.1. The smallest absolute Gasteiger partial charge is 0.202 e. The third kappa shape index (κ3) is 5.40. The molecule has 166 valence electrons. The SMILES string of the molecule is N=c1n(CCCOc2ccc(F)cc2)c2ccccc2n1CCCOc1ccc(Br)cc1. The van der Waals surface area contributed by atoms with E-state index in [4.69, 9.17) is 14.9 Å². The standard InChI is InChI=1S/C25H25BrFN3O2/c26-19-7-11-21(12-8-19)31-17-3-15-29-23-5-1-2-6-24(23)30(25(29)28)16-4-18-32-22-13-9-20(27)10-14-22/h1-2,5-14,28H,3-4,15-18H2. The number of imidazole rings is 1. The van der Waals surface area contributed by atoms with Crippen LogP contribution in [0.15, 0.2) is 77.3 Å². The Morgan fingerprint density at radius 3 is 1.69 bits per heavy atom. The molecule has 1 heterocycles. The van der Waals surface area contributed by atoms with Crippen LogP contribution in [0.4, 0.5) is 4.39 Å². The summed E-state index contributed by atoms with van der Waals surface area (Å²) in [5, 5.41) is 8.72. The Kier molecular flexibility index (Phi) is 7.27. The second-order valence-corrected chi connectivity index (χ2v) is 8.34. The van der Waals surface area contributed by atoms with E-state index < -0.39 is 0 Å². The van der Waals surface area contributed by atoms with E-state index in [-0.39, 0.29) is 5.82 Å². The number of halogens is 2. The Balaban J connectivity index is 1.36. The molecule has 0 aliphatic carbocycles. The molecule has 0 fully saturated rings. The molecule has 4 rings (SSSR count). The molecule has 0 saturated carbocycles. The molecular weight excluding hydrogens is 473 g/mol. The lowest BCUT2D eigenvalue weighted by Gasteiger charge is -2.08. The molecule has 0 atom stereocenters. The molecule has 32 heavy (non-hydrogen) atoms. The number of hydrogen-bond donors (Lipinski definition) is 1. The highest BCUT2D eigenvalue weighted by atomic mass is 79.9. The number of para-hydroxylation sites is 2. The van der Waals surface area contributed by atoms with Gasteiger partial charge in [0.2, 0.25) is 5.62 Å². The Morgan fingerprint density at radius 1 is 0.719 bits per heavy atom. The molecule has 0 aliphatic heterocycles. The molecule has 0 saturated heterocycles. The maximum absolute atomic E-state index is 13.0. The van der Waals surface area contributed by atoms with Gasteiger partial charge in [0.25, 0.3) is 0 Å². The lowest BCUT2D eigenvalue weighted by Crippen LogP contribution is -2.26. The lowest BCUT2D eigenvalue weighted by atomic mass is 10.3. The first-order chi connectivity index (χ1) is 15.6. The van der Waals surface area contributed by atoms with Crippen LogP contribution in [0, 0.1) is 11.2 Å². The van der Waals surface area contributed by atoms with Crippen molar-refractivity contribution in [2.45, 2.75) is 25.9 Å². The quantitative estimate of drug-likeness (QED) is 0.283. The van der Waals surface area contributed by atoms with Gasteiger partial charge in [0, 0.05) is 17.6 Å². The van der Waals surface area contributed by atoms with Crippen LogP contribution in [-0.2, 0) is 13.1 Å². The zero-order valence-corrected chi connectivity index (χ0v) is 19.2. The maximum Gasteiger partial charge on any atom is 0.202 e. The molecule has 5 nitrogen and oxygen atoms in total. The summed E-state index contributed by atoms with van der Waals surface area (Å²) in [6.45, 7) is 2.45. The van der Waals surface area contributed by atoms with Crippen molar-refractivity contribution in [1.82, 2.24) is 9.13 Å². The van der Waals surface area contributed by atoms with Gasteiger partial charge in [-0.15, -0.1) is 0 Å². The van der Waals surface area contributed by atoms with Gasteiger partial charge in [-0.05, 0) is 73.5 Å². The van der Waals surface area contributed by atoms with Crippen molar-refractivity contribution in [2.75, 3.05) is 13.2 Å². The normalized spacial score (nSPS) is 11.1. The Hall–Kier alpha value is -3.06. The number of nitrogens with zero attached hydrogens (tertiary/aromatic N) is 2. The molecule has 7 heteroatoms. The van der Waals surface area contributed by atoms with Gasteiger partial charge in [-0.25, -0.2) is 4.39 Å². The second-order valence-electron chi connectivity index (χ2n) is 7.43. The second kappa shape index (κ2) is 10.5. The van der Waals surface area contributed by atoms with Crippen LogP contribution in [0.2, 0.25) is 0 Å². The number of benzene rings is 3. The largest absolute Gasteiger partial charge is 0.494 e. The van der Waals surface area contributed by atoms with Gasteiger partial charge in [-0.1, -0.05) is 28.1 Å². The molecule has 0 radical (unpaired) electrons. The van der Waals surface area contributed by atoms with E-state index in [1.165, 1.54) is 12.1 Å². The van der Waals surface area contributed by atoms with Crippen molar-refractivity contribution in [3.8, 4) is 11.5 Å². The summed E-state index contributed by atoms with van der Waals surface area (Å²) in [7, 11) is 0. The fourth-order valence-electron chi connectivity index (χ4n) is 3.63. The minimum absolute atomic E-state index is 0.276. The number of aromatic nitrogens is 2. The summed E-state index contributed by atoms with van der Waals surface area (Å²) in [6, 6.07) is 21.9. The third-order valence-corrected chi connectivity index (χ3v) is 5.72. The van der Waals surface area contributed by atoms with E-state index in [1.807, 2.05) is 51.6 Å². The minimum atomic E-state index is -0.276. The van der Waals surface area contributed by atoms with Gasteiger partial charge in [0.1, 0.15) is 17.3 Å². The molecule has 4 aromatic rings. The van der Waals surface area contributed by atoms with Crippen molar-refractivity contribution >= 4 is 27.0 Å². The summed E-state index contributed by atoms with van der Waals surface area (Å²) < 4.78 is 29.6. The fourth-order valence-corrected chi connectivity index (χ4v) is 3.90. The predicted octanol–water partition coefficient (Wildman–Crippen LogP) is 5.76. The number of nitrogens with one attached hydrogen (secondary N) is 1. The van der Waals surface area contributed by atoms with Crippen LogP contribution in [0.5, 0.6) is 11.5 Å². The van der Waals surface area contributed by atoms with Crippen LogP contribution < -0.4 is 15.1 Å². The average Bonchev–Trinajstić information content (AvgIpc) is 3.07. The monoisotopic (exact) mass is 497 g/mol. The van der Waals surface area contributed by atoms with Crippen molar-refractivity contribution < 1.29 is 13.9 Å². The fraction of sp³-hybridized carbons (Fsp3) is 0.240. The molecule has 0 unspecified atom stereocenters. The van der Waals surface area contributed by atoms with Gasteiger partial charge >= 0.3 is 0 Å². The van der Waals surface area contributed by atoms with E-state index in [0.29, 0.717) is 37.7 Å². The minimum Gasteiger partial charge on any atom is -0.494 e. The third-order valence-electron chi connectivity index (χ3n) is 5.19. The van der Waals surface area contributed by atoms with Gasteiger partial charge in [0.05, 0.1) is 24.2 Å². The number of hydrogen-bond acceptors (Lipinski definition) is 3. The van der Waals surface area contributed by atoms with E-state index in [9.17, 15) is 4.39 Å². The Bertz CT molecular complexity index is 1120. The van der Waals surface area contributed by atoms with Crippen LogP contribution in [0.1, 0.15) is 12.8 Å². The summed E-state index contributed by atoms with van der Waals surface area (Å²) in [5.74, 6) is 1.21. The van der Waals surface area contributed by atoms with Crippen LogP contribution in [-0.4, -0.2) is 22.3 Å². The van der Waals surface area contributed by atoms with Crippen molar-refractivity contribution in [3.05, 3.63) is 88.7 Å². The first-order valence-electron chi connectivity index (χ1n) is 10.6. The first-order valence-corrected chi connectivity index (χ1v) is 11.4. The van der Waals surface area contributed by atoms with E-state index in [0.717, 1.165) is 34.1 Å². The van der Waals surface area contributed by atoms with Crippen LogP contribution >= 0.6 is 15.9 Å². The zero-order valence-electron chi connectivity index (χ0n) is 17.6. The van der Waals surface area contributed by atoms with Crippen molar-refractivity contribution in [2.24, 2.45) is 0 Å². The van der Waals surface area contributed by atoms with Gasteiger partial charge in [-0.3, -0.25) is 5.41 Å². The molecule has 0 bridgehead atoms. The van der Waals surface area contributed by atoms with Crippen LogP contribution in [0.25, 0.3) is 11.0 Å². The highest BCUT2D eigenvalue weighted by Crippen LogP contribution is 2.17. The topological polar surface area (TPSA) is 52.2 Å². The number of aryl methyl sites for hydroxylation is 2. The number of ether oxygens (including phenoxy) is 2. The maximum atomic E-state index is 13.0. The number of fused-ring (bicyclic) bond motifs is 1. The zero-order chi connectivity index (χ0) is 22.3. The average molecular weight is 498 g/mol. The van der Waals surface area contributed by atoms with Gasteiger partial charge in [-0.2, -0.15) is 0 Å². The highest BCUT2D eigenvalue weighted by Gasteiger charge is 2.10. The van der Waals surface area contributed by atoms with Crippen LogP contribution in [0.3, 0.4) is 0 Å². The van der Waals surface area contributed by atoms with E-state index in [1.54, 1.807) is 12.1 Å². The summed E-state index contributed by atoms with van der Waals surface area (Å²) >= 11 is 3.42. The van der Waals surface area contributed by atoms with Crippen molar-refractivity contribution in [1.29, 1.82) is 5.41 Å². The van der Waals surface area contributed by atoms with Gasteiger partial charge < -0.3 is 18.6 Å². The molecule has 1 N–H and O–H groups in total.